The largest absolute Gasteiger partial charge is 0.396 e. The van der Waals surface area contributed by atoms with Crippen molar-refractivity contribution in [2.75, 3.05) is 19.7 Å². The first-order valence-corrected chi connectivity index (χ1v) is 5.86. The van der Waals surface area contributed by atoms with Crippen LogP contribution >= 0.6 is 0 Å². The van der Waals surface area contributed by atoms with E-state index >= 15 is 0 Å². The summed E-state index contributed by atoms with van der Waals surface area (Å²) in [4.78, 5) is 14.0. The zero-order valence-corrected chi connectivity index (χ0v) is 9.06. The van der Waals surface area contributed by atoms with Gasteiger partial charge in [-0.05, 0) is 31.6 Å². The van der Waals surface area contributed by atoms with Crippen LogP contribution in [0.15, 0.2) is 12.2 Å². The Hall–Kier alpha value is -0.830. The Bertz CT molecular complexity index is 254. The molecule has 1 atom stereocenters. The van der Waals surface area contributed by atoms with Crippen LogP contribution in [0.5, 0.6) is 0 Å². The number of likely N-dealkylation sites (tertiary alicyclic amines) is 1. The highest BCUT2D eigenvalue weighted by Gasteiger charge is 2.28. The Morgan fingerprint density at radius 2 is 2.13 bits per heavy atom. The maximum absolute atomic E-state index is 12.1. The average molecular weight is 209 g/mol. The first-order chi connectivity index (χ1) is 7.31. The topological polar surface area (TPSA) is 40.5 Å². The second-order valence-electron chi connectivity index (χ2n) is 4.61. The molecule has 1 N–H and O–H groups in total. The number of allylic oxidation sites excluding steroid dienone is 2. The Labute approximate surface area is 90.8 Å². The Morgan fingerprint density at radius 3 is 2.80 bits per heavy atom. The van der Waals surface area contributed by atoms with Gasteiger partial charge in [-0.15, -0.1) is 0 Å². The number of rotatable bonds is 2. The van der Waals surface area contributed by atoms with Crippen molar-refractivity contribution in [3.05, 3.63) is 12.2 Å². The monoisotopic (exact) mass is 209 g/mol. The van der Waals surface area contributed by atoms with Crippen molar-refractivity contribution < 1.29 is 9.90 Å². The average Bonchev–Trinajstić information content (AvgIpc) is 2.81. The van der Waals surface area contributed by atoms with Crippen molar-refractivity contribution in [3.8, 4) is 0 Å². The number of aliphatic hydroxyl groups is 1. The van der Waals surface area contributed by atoms with Crippen LogP contribution in [-0.4, -0.2) is 35.6 Å². The molecule has 1 amide bonds. The zero-order valence-electron chi connectivity index (χ0n) is 9.06. The van der Waals surface area contributed by atoms with Crippen LogP contribution in [0, 0.1) is 11.8 Å². The van der Waals surface area contributed by atoms with Crippen LogP contribution in [-0.2, 0) is 4.79 Å². The van der Waals surface area contributed by atoms with Crippen LogP contribution in [0.2, 0.25) is 0 Å². The van der Waals surface area contributed by atoms with Crippen LogP contribution < -0.4 is 0 Å². The third-order valence-corrected chi connectivity index (χ3v) is 3.45. The molecule has 0 aromatic rings. The van der Waals surface area contributed by atoms with Crippen molar-refractivity contribution >= 4 is 5.91 Å². The molecule has 1 saturated heterocycles. The minimum absolute atomic E-state index is 0.183. The van der Waals surface area contributed by atoms with Gasteiger partial charge >= 0.3 is 0 Å². The van der Waals surface area contributed by atoms with Crippen molar-refractivity contribution in [1.29, 1.82) is 0 Å². The third-order valence-electron chi connectivity index (χ3n) is 3.45. The molecule has 0 spiro atoms. The summed E-state index contributed by atoms with van der Waals surface area (Å²) < 4.78 is 0. The van der Waals surface area contributed by atoms with Gasteiger partial charge in [0.15, 0.2) is 0 Å². The molecule has 0 aromatic carbocycles. The van der Waals surface area contributed by atoms with E-state index in [1.165, 1.54) is 0 Å². The fourth-order valence-electron chi connectivity index (χ4n) is 2.49. The Morgan fingerprint density at radius 1 is 1.40 bits per heavy atom. The summed E-state index contributed by atoms with van der Waals surface area (Å²) in [5.74, 6) is 0.776. The molecule has 84 valence electrons. The number of aliphatic hydroxyl groups excluding tert-OH is 1. The van der Waals surface area contributed by atoms with E-state index in [2.05, 4.69) is 12.2 Å². The summed E-state index contributed by atoms with van der Waals surface area (Å²) in [7, 11) is 0. The lowest BCUT2D eigenvalue weighted by Gasteiger charge is -2.33. The molecule has 0 radical (unpaired) electrons. The quantitative estimate of drug-likeness (QED) is 0.694. The van der Waals surface area contributed by atoms with E-state index in [4.69, 9.17) is 5.11 Å². The van der Waals surface area contributed by atoms with E-state index in [1.807, 2.05) is 4.90 Å². The van der Waals surface area contributed by atoms with Crippen molar-refractivity contribution in [1.82, 2.24) is 4.90 Å². The molecule has 0 bridgehead atoms. The molecule has 3 heteroatoms. The fraction of sp³-hybridized carbons (Fsp3) is 0.750. The molecule has 1 aliphatic carbocycles. The highest BCUT2D eigenvalue weighted by Crippen LogP contribution is 2.23. The second-order valence-corrected chi connectivity index (χ2v) is 4.61. The molecular formula is C12H19NO2. The van der Waals surface area contributed by atoms with Gasteiger partial charge in [0.25, 0.3) is 0 Å². The highest BCUT2D eigenvalue weighted by molar-refractivity contribution is 5.79. The van der Waals surface area contributed by atoms with E-state index in [-0.39, 0.29) is 18.4 Å². The number of piperidine rings is 1. The second kappa shape index (κ2) is 4.79. The highest BCUT2D eigenvalue weighted by atomic mass is 16.3. The van der Waals surface area contributed by atoms with Crippen LogP contribution in [0.4, 0.5) is 0 Å². The predicted octanol–water partition coefficient (Wildman–Crippen LogP) is 1.18. The molecule has 3 nitrogen and oxygen atoms in total. The van der Waals surface area contributed by atoms with Crippen LogP contribution in [0.3, 0.4) is 0 Å². The van der Waals surface area contributed by atoms with Gasteiger partial charge in [0.2, 0.25) is 5.91 Å². The van der Waals surface area contributed by atoms with E-state index in [9.17, 15) is 4.79 Å². The number of nitrogens with zero attached hydrogens (tertiary/aromatic N) is 1. The summed E-state index contributed by atoms with van der Waals surface area (Å²) in [5, 5.41) is 9.11. The van der Waals surface area contributed by atoms with Crippen molar-refractivity contribution in [3.63, 3.8) is 0 Å². The first kappa shape index (κ1) is 10.7. The first-order valence-electron chi connectivity index (χ1n) is 5.86. The molecule has 15 heavy (non-hydrogen) atoms. The summed E-state index contributed by atoms with van der Waals surface area (Å²) in [5.41, 5.74) is 0. The van der Waals surface area contributed by atoms with Crippen LogP contribution in [0.25, 0.3) is 0 Å². The maximum Gasteiger partial charge on any atom is 0.226 e. The van der Waals surface area contributed by atoms with Gasteiger partial charge < -0.3 is 10.0 Å². The Balaban J connectivity index is 1.89. The smallest absolute Gasteiger partial charge is 0.226 e. The standard InChI is InChI=1S/C12H19NO2/c14-9-10-4-3-7-13(8-10)12(15)11-5-1-2-6-11/h1-2,10-11,14H,3-9H2. The van der Waals surface area contributed by atoms with Gasteiger partial charge in [-0.1, -0.05) is 12.2 Å². The number of amides is 1. The number of hydrogen-bond acceptors (Lipinski definition) is 2. The van der Waals surface area contributed by atoms with Crippen LogP contribution in [0.1, 0.15) is 25.7 Å². The van der Waals surface area contributed by atoms with E-state index in [0.717, 1.165) is 38.8 Å². The number of carbonyl (C=O) groups excluding carboxylic acids is 1. The maximum atomic E-state index is 12.1. The lowest BCUT2D eigenvalue weighted by atomic mass is 9.96. The predicted molar refractivity (Wildman–Crippen MR) is 58.3 cm³/mol. The molecule has 1 unspecified atom stereocenters. The number of hydrogen-bond donors (Lipinski definition) is 1. The molecule has 0 saturated carbocycles. The van der Waals surface area contributed by atoms with Gasteiger partial charge in [0, 0.05) is 25.6 Å². The third kappa shape index (κ3) is 2.40. The minimum Gasteiger partial charge on any atom is -0.396 e. The number of carbonyl (C=O) groups is 1. The lowest BCUT2D eigenvalue weighted by Crippen LogP contribution is -2.43. The lowest BCUT2D eigenvalue weighted by molar-refractivity contribution is -0.137. The van der Waals surface area contributed by atoms with Gasteiger partial charge in [0.05, 0.1) is 0 Å². The molecule has 0 aromatic heterocycles. The normalized spacial score (nSPS) is 27.3. The minimum atomic E-state index is 0.183. The Kier molecular flexibility index (Phi) is 3.41. The molecule has 1 heterocycles. The van der Waals surface area contributed by atoms with Gasteiger partial charge in [-0.2, -0.15) is 0 Å². The molecular weight excluding hydrogens is 190 g/mol. The zero-order chi connectivity index (χ0) is 10.7. The van der Waals surface area contributed by atoms with Gasteiger partial charge in [-0.3, -0.25) is 4.79 Å². The fourth-order valence-corrected chi connectivity index (χ4v) is 2.49. The summed E-state index contributed by atoms with van der Waals surface area (Å²) >= 11 is 0. The SMILES string of the molecule is O=C(C1CC=CC1)N1CCCC(CO)C1. The van der Waals surface area contributed by atoms with Crippen molar-refractivity contribution in [2.45, 2.75) is 25.7 Å². The van der Waals surface area contributed by atoms with E-state index < -0.39 is 0 Å². The molecule has 2 rings (SSSR count). The van der Waals surface area contributed by atoms with Gasteiger partial charge in [0.1, 0.15) is 0 Å². The summed E-state index contributed by atoms with van der Waals surface area (Å²) in [6, 6.07) is 0. The molecule has 1 aliphatic heterocycles. The summed E-state index contributed by atoms with van der Waals surface area (Å²) in [6.07, 6.45) is 8.09. The molecule has 1 fully saturated rings. The van der Waals surface area contributed by atoms with Crippen molar-refractivity contribution in [2.24, 2.45) is 11.8 Å². The van der Waals surface area contributed by atoms with E-state index in [0.29, 0.717) is 5.92 Å². The van der Waals surface area contributed by atoms with Gasteiger partial charge in [-0.25, -0.2) is 0 Å². The summed E-state index contributed by atoms with van der Waals surface area (Å²) in [6.45, 7) is 1.85. The van der Waals surface area contributed by atoms with E-state index in [1.54, 1.807) is 0 Å². The molecule has 2 aliphatic rings.